The maximum atomic E-state index is 11.3. The van der Waals surface area contributed by atoms with Gasteiger partial charge in [-0.1, -0.05) is 0 Å². The molecule has 0 saturated carbocycles. The molecule has 2 aromatic rings. The lowest BCUT2D eigenvalue weighted by Gasteiger charge is -2.14. The van der Waals surface area contributed by atoms with Crippen molar-refractivity contribution in [3.05, 3.63) is 18.3 Å². The molecule has 1 aromatic heterocycles. The fourth-order valence-corrected chi connectivity index (χ4v) is 2.12. The SMILES string of the molecule is O=C(O)CCC(C(=O)O)n1cc2cc(O)c(O)cc2c1O. The molecule has 0 amide bonds. The molecule has 0 bridgehead atoms. The van der Waals surface area contributed by atoms with E-state index in [1.165, 1.54) is 12.3 Å². The van der Waals surface area contributed by atoms with E-state index in [9.17, 15) is 30.0 Å². The third kappa shape index (κ3) is 2.69. The average Bonchev–Trinajstić information content (AvgIpc) is 2.67. The first kappa shape index (κ1) is 14.5. The van der Waals surface area contributed by atoms with Gasteiger partial charge in [0.2, 0.25) is 0 Å². The van der Waals surface area contributed by atoms with Crippen molar-refractivity contribution in [1.82, 2.24) is 4.57 Å². The number of benzene rings is 1. The molecule has 8 nitrogen and oxygen atoms in total. The summed E-state index contributed by atoms with van der Waals surface area (Å²) in [5, 5.41) is 47.2. The van der Waals surface area contributed by atoms with Crippen LogP contribution in [-0.4, -0.2) is 42.0 Å². The summed E-state index contributed by atoms with van der Waals surface area (Å²) in [7, 11) is 0. The van der Waals surface area contributed by atoms with Gasteiger partial charge in [0, 0.05) is 23.4 Å². The van der Waals surface area contributed by atoms with Crippen LogP contribution in [0.4, 0.5) is 0 Å². The number of hydrogen-bond acceptors (Lipinski definition) is 5. The van der Waals surface area contributed by atoms with Crippen molar-refractivity contribution >= 4 is 22.7 Å². The highest BCUT2D eigenvalue weighted by molar-refractivity contribution is 5.91. The first-order valence-corrected chi connectivity index (χ1v) is 6.01. The maximum Gasteiger partial charge on any atom is 0.326 e. The van der Waals surface area contributed by atoms with Gasteiger partial charge in [-0.05, 0) is 18.6 Å². The van der Waals surface area contributed by atoms with E-state index in [1.54, 1.807) is 0 Å². The van der Waals surface area contributed by atoms with E-state index in [-0.39, 0.29) is 18.2 Å². The molecule has 0 saturated heterocycles. The highest BCUT2D eigenvalue weighted by Gasteiger charge is 2.24. The minimum atomic E-state index is -1.29. The Labute approximate surface area is 118 Å². The number of phenols is 2. The molecule has 1 aromatic carbocycles. The van der Waals surface area contributed by atoms with Gasteiger partial charge in [0.1, 0.15) is 6.04 Å². The molecule has 5 N–H and O–H groups in total. The predicted octanol–water partition coefficient (Wildman–Crippen LogP) is 1.25. The molecule has 2 rings (SSSR count). The van der Waals surface area contributed by atoms with Crippen LogP contribution in [0.15, 0.2) is 18.3 Å². The van der Waals surface area contributed by atoms with Crippen molar-refractivity contribution in [2.24, 2.45) is 0 Å². The van der Waals surface area contributed by atoms with Gasteiger partial charge in [0.25, 0.3) is 0 Å². The van der Waals surface area contributed by atoms with Crippen LogP contribution in [0.2, 0.25) is 0 Å². The summed E-state index contributed by atoms with van der Waals surface area (Å²) in [6.45, 7) is 0. The van der Waals surface area contributed by atoms with Crippen molar-refractivity contribution in [2.75, 3.05) is 0 Å². The molecule has 1 atom stereocenters. The number of nitrogens with zero attached hydrogens (tertiary/aromatic N) is 1. The van der Waals surface area contributed by atoms with Crippen molar-refractivity contribution in [3.63, 3.8) is 0 Å². The fraction of sp³-hybridized carbons (Fsp3) is 0.231. The van der Waals surface area contributed by atoms with Crippen molar-refractivity contribution < 1.29 is 35.1 Å². The number of hydrogen-bond donors (Lipinski definition) is 5. The fourth-order valence-electron chi connectivity index (χ4n) is 2.12. The molecule has 1 unspecified atom stereocenters. The highest BCUT2D eigenvalue weighted by atomic mass is 16.4. The average molecular weight is 295 g/mol. The highest BCUT2D eigenvalue weighted by Crippen LogP contribution is 2.37. The quantitative estimate of drug-likeness (QED) is 0.523. The normalized spacial score (nSPS) is 12.4. The largest absolute Gasteiger partial charge is 0.504 e. The minimum absolute atomic E-state index is 0.159. The molecule has 0 fully saturated rings. The van der Waals surface area contributed by atoms with Crippen LogP contribution in [0.25, 0.3) is 10.8 Å². The molecule has 21 heavy (non-hydrogen) atoms. The first-order valence-electron chi connectivity index (χ1n) is 6.01. The Morgan fingerprint density at radius 3 is 2.29 bits per heavy atom. The Bertz CT molecular complexity index is 719. The molecule has 0 aliphatic rings. The van der Waals surface area contributed by atoms with E-state index >= 15 is 0 Å². The summed E-state index contributed by atoms with van der Waals surface area (Å²) in [6, 6.07) is 1.02. The van der Waals surface area contributed by atoms with Gasteiger partial charge >= 0.3 is 11.9 Å². The van der Waals surface area contributed by atoms with Crippen molar-refractivity contribution in [2.45, 2.75) is 18.9 Å². The molecule has 0 aliphatic heterocycles. The van der Waals surface area contributed by atoms with Crippen LogP contribution in [-0.2, 0) is 9.59 Å². The number of phenolic OH excluding ortho intramolecular Hbond substituents is 2. The van der Waals surface area contributed by atoms with Crippen molar-refractivity contribution in [1.29, 1.82) is 0 Å². The number of carbonyl (C=O) groups is 2. The summed E-state index contributed by atoms with van der Waals surface area (Å²) < 4.78 is 1.01. The Kier molecular flexibility index (Phi) is 3.62. The number of aromatic hydroxyl groups is 3. The Balaban J connectivity index is 2.50. The van der Waals surface area contributed by atoms with Gasteiger partial charge in [0.15, 0.2) is 17.4 Å². The van der Waals surface area contributed by atoms with Crippen LogP contribution in [0.1, 0.15) is 18.9 Å². The van der Waals surface area contributed by atoms with Gasteiger partial charge in [-0.15, -0.1) is 0 Å². The smallest absolute Gasteiger partial charge is 0.326 e. The molecular weight excluding hydrogens is 282 g/mol. The van der Waals surface area contributed by atoms with Crippen molar-refractivity contribution in [3.8, 4) is 17.4 Å². The van der Waals surface area contributed by atoms with Crippen LogP contribution >= 0.6 is 0 Å². The minimum Gasteiger partial charge on any atom is -0.504 e. The van der Waals surface area contributed by atoms with Gasteiger partial charge in [-0.2, -0.15) is 0 Å². The monoisotopic (exact) mass is 295 g/mol. The molecule has 8 heteroatoms. The third-order valence-corrected chi connectivity index (χ3v) is 3.16. The summed E-state index contributed by atoms with van der Waals surface area (Å²) in [6.07, 6.45) is 0.697. The Morgan fingerprint density at radius 2 is 1.71 bits per heavy atom. The second kappa shape index (κ2) is 5.23. The van der Waals surface area contributed by atoms with E-state index in [0.29, 0.717) is 5.39 Å². The molecule has 1 heterocycles. The zero-order chi connectivity index (χ0) is 15.7. The topological polar surface area (TPSA) is 140 Å². The lowest BCUT2D eigenvalue weighted by molar-refractivity contribution is -0.142. The summed E-state index contributed by atoms with van der Waals surface area (Å²) in [5.41, 5.74) is 0. The van der Waals surface area contributed by atoms with Crippen LogP contribution in [0, 0.1) is 0 Å². The first-order chi connectivity index (χ1) is 9.81. The lowest BCUT2D eigenvalue weighted by Crippen LogP contribution is -2.19. The zero-order valence-corrected chi connectivity index (χ0v) is 10.7. The standard InChI is InChI=1S/C13H13NO7/c15-9-3-6-5-14(12(19)7(6)4-10(9)16)8(13(20)21)1-2-11(17)18/h3-5,8,15-16,19H,1-2H2,(H,17,18)(H,20,21). The summed E-state index contributed by atoms with van der Waals surface area (Å²) in [5.74, 6) is -3.71. The lowest BCUT2D eigenvalue weighted by atomic mass is 10.1. The van der Waals surface area contributed by atoms with Crippen LogP contribution in [0.3, 0.4) is 0 Å². The second-order valence-electron chi connectivity index (χ2n) is 4.57. The predicted molar refractivity (Wildman–Crippen MR) is 70.5 cm³/mol. The van der Waals surface area contributed by atoms with Gasteiger partial charge in [-0.3, -0.25) is 4.79 Å². The van der Waals surface area contributed by atoms with Gasteiger partial charge in [-0.25, -0.2) is 4.79 Å². The number of aromatic nitrogens is 1. The summed E-state index contributed by atoms with van der Waals surface area (Å²) in [4.78, 5) is 21.8. The third-order valence-electron chi connectivity index (χ3n) is 3.16. The number of carboxylic acid groups (broad SMARTS) is 2. The molecule has 0 spiro atoms. The Morgan fingerprint density at radius 1 is 1.10 bits per heavy atom. The maximum absolute atomic E-state index is 11.3. The molecular formula is C13H13NO7. The van der Waals surface area contributed by atoms with E-state index in [4.69, 9.17) is 5.11 Å². The van der Waals surface area contributed by atoms with E-state index in [2.05, 4.69) is 0 Å². The second-order valence-corrected chi connectivity index (χ2v) is 4.57. The van der Waals surface area contributed by atoms with Crippen LogP contribution < -0.4 is 0 Å². The number of fused-ring (bicyclic) bond motifs is 1. The van der Waals surface area contributed by atoms with Gasteiger partial charge in [0.05, 0.1) is 0 Å². The molecule has 112 valence electrons. The van der Waals surface area contributed by atoms with E-state index in [0.717, 1.165) is 10.6 Å². The van der Waals surface area contributed by atoms with Crippen LogP contribution in [0.5, 0.6) is 17.4 Å². The number of rotatable bonds is 5. The summed E-state index contributed by atoms with van der Waals surface area (Å²) >= 11 is 0. The number of aliphatic carboxylic acids is 2. The molecule has 0 aliphatic carbocycles. The zero-order valence-electron chi connectivity index (χ0n) is 10.7. The van der Waals surface area contributed by atoms with Gasteiger partial charge < -0.3 is 30.1 Å². The Hall–Kier alpha value is -2.90. The molecule has 0 radical (unpaired) electrons. The van der Waals surface area contributed by atoms with E-state index < -0.39 is 35.4 Å². The number of carboxylic acids is 2. The van der Waals surface area contributed by atoms with E-state index in [1.807, 2.05) is 0 Å².